The van der Waals surface area contributed by atoms with E-state index in [-0.39, 0.29) is 0 Å². The van der Waals surface area contributed by atoms with E-state index in [1.54, 1.807) is 0 Å². The summed E-state index contributed by atoms with van der Waals surface area (Å²) >= 11 is 0. The summed E-state index contributed by atoms with van der Waals surface area (Å²) in [6, 6.07) is 0. The molecule has 0 aromatic heterocycles. The maximum absolute atomic E-state index is 11.8. The van der Waals surface area contributed by atoms with Gasteiger partial charge in [-0.15, -0.1) is 6.58 Å². The third-order valence-corrected chi connectivity index (χ3v) is 4.92. The van der Waals surface area contributed by atoms with Crippen molar-refractivity contribution >= 4 is 5.78 Å². The minimum Gasteiger partial charge on any atom is -0.300 e. The lowest BCUT2D eigenvalue weighted by atomic mass is 10.0. The van der Waals surface area contributed by atoms with E-state index in [0.717, 1.165) is 32.1 Å². The van der Waals surface area contributed by atoms with Crippen LogP contribution in [-0.2, 0) is 4.79 Å². The van der Waals surface area contributed by atoms with Gasteiger partial charge in [-0.25, -0.2) is 0 Å². The highest BCUT2D eigenvalue weighted by Gasteiger charge is 2.02. The second kappa shape index (κ2) is 20.5. The topological polar surface area (TPSA) is 17.1 Å². The molecule has 0 saturated heterocycles. The Morgan fingerprint density at radius 3 is 1.42 bits per heavy atom. The minimum absolute atomic E-state index is 0.501. The first-order valence-electron chi connectivity index (χ1n) is 10.9. The number of unbranched alkanes of at least 4 members (excludes halogenated alkanes) is 15. The van der Waals surface area contributed by atoms with E-state index < -0.39 is 0 Å². The van der Waals surface area contributed by atoms with Crippen molar-refractivity contribution in [1.82, 2.24) is 0 Å². The van der Waals surface area contributed by atoms with Crippen LogP contribution in [0.5, 0.6) is 0 Å². The Labute approximate surface area is 152 Å². The number of rotatable bonds is 20. The van der Waals surface area contributed by atoms with E-state index >= 15 is 0 Å². The van der Waals surface area contributed by atoms with E-state index in [2.05, 4.69) is 13.5 Å². The average molecular weight is 337 g/mol. The molecule has 0 heterocycles. The minimum atomic E-state index is 0.501. The van der Waals surface area contributed by atoms with Gasteiger partial charge in [0.05, 0.1) is 0 Å². The van der Waals surface area contributed by atoms with Crippen molar-refractivity contribution in [3.05, 3.63) is 12.7 Å². The number of hydrogen-bond donors (Lipinski definition) is 0. The third kappa shape index (κ3) is 19.5. The highest BCUT2D eigenvalue weighted by atomic mass is 16.1. The molecular formula is C23H44O. The first-order chi connectivity index (χ1) is 11.8. The average Bonchev–Trinajstić information content (AvgIpc) is 2.59. The van der Waals surface area contributed by atoms with Crippen molar-refractivity contribution in [3.63, 3.8) is 0 Å². The monoisotopic (exact) mass is 336 g/mol. The van der Waals surface area contributed by atoms with Crippen LogP contribution in [0.3, 0.4) is 0 Å². The van der Waals surface area contributed by atoms with Gasteiger partial charge in [0.1, 0.15) is 5.78 Å². The number of ketones is 1. The molecule has 0 unspecified atom stereocenters. The summed E-state index contributed by atoms with van der Waals surface area (Å²) in [5.74, 6) is 0.501. The molecule has 0 aliphatic carbocycles. The zero-order chi connectivity index (χ0) is 17.7. The molecule has 0 atom stereocenters. The van der Waals surface area contributed by atoms with Crippen LogP contribution >= 0.6 is 0 Å². The normalized spacial score (nSPS) is 10.9. The summed E-state index contributed by atoms with van der Waals surface area (Å²) in [6.45, 7) is 6.02. The maximum Gasteiger partial charge on any atom is 0.132 e. The smallest absolute Gasteiger partial charge is 0.132 e. The summed E-state index contributed by atoms with van der Waals surface area (Å²) in [4.78, 5) is 11.8. The molecule has 0 amide bonds. The number of carbonyl (C=O) groups excluding carboxylic acids is 1. The van der Waals surface area contributed by atoms with Crippen molar-refractivity contribution in [2.45, 2.75) is 129 Å². The van der Waals surface area contributed by atoms with E-state index in [1.807, 2.05) is 6.08 Å². The second-order valence-electron chi connectivity index (χ2n) is 7.42. The molecule has 0 aromatic rings. The Bertz CT molecular complexity index is 269. The van der Waals surface area contributed by atoms with Crippen LogP contribution in [0, 0.1) is 0 Å². The predicted octanol–water partition coefficient (Wildman–Crippen LogP) is 8.17. The molecule has 24 heavy (non-hydrogen) atoms. The first-order valence-corrected chi connectivity index (χ1v) is 10.9. The van der Waals surface area contributed by atoms with Gasteiger partial charge in [0, 0.05) is 12.8 Å². The van der Waals surface area contributed by atoms with Crippen molar-refractivity contribution in [1.29, 1.82) is 0 Å². The Kier molecular flexibility index (Phi) is 20.0. The molecule has 0 aromatic carbocycles. The van der Waals surface area contributed by atoms with Crippen LogP contribution in [0.2, 0.25) is 0 Å². The maximum atomic E-state index is 11.8. The standard InChI is InChI=1S/C23H44O/c1-3-5-7-9-11-13-14-16-18-20-22-23(24)21-19-17-15-12-10-8-6-4-2/h4H,2-3,5-22H2,1H3. The summed E-state index contributed by atoms with van der Waals surface area (Å²) in [5.41, 5.74) is 0. The van der Waals surface area contributed by atoms with Crippen LogP contribution in [0.1, 0.15) is 129 Å². The van der Waals surface area contributed by atoms with Crippen LogP contribution in [0.4, 0.5) is 0 Å². The van der Waals surface area contributed by atoms with E-state index in [0.29, 0.717) is 5.78 Å². The Hall–Kier alpha value is -0.590. The summed E-state index contributed by atoms with van der Waals surface area (Å²) in [7, 11) is 0. The second-order valence-corrected chi connectivity index (χ2v) is 7.42. The zero-order valence-electron chi connectivity index (χ0n) is 16.6. The van der Waals surface area contributed by atoms with E-state index in [9.17, 15) is 4.79 Å². The zero-order valence-corrected chi connectivity index (χ0v) is 16.6. The molecule has 0 radical (unpaired) electrons. The van der Waals surface area contributed by atoms with Gasteiger partial charge in [-0.2, -0.15) is 0 Å². The molecule has 1 heteroatoms. The van der Waals surface area contributed by atoms with E-state index in [1.165, 1.54) is 89.9 Å². The fraction of sp³-hybridized carbons (Fsp3) is 0.870. The number of hydrogen-bond acceptors (Lipinski definition) is 1. The fourth-order valence-corrected chi connectivity index (χ4v) is 3.25. The van der Waals surface area contributed by atoms with Gasteiger partial charge < -0.3 is 0 Å². The first kappa shape index (κ1) is 23.4. The Morgan fingerprint density at radius 2 is 1.00 bits per heavy atom. The molecule has 142 valence electrons. The van der Waals surface area contributed by atoms with Gasteiger partial charge in [-0.3, -0.25) is 4.79 Å². The van der Waals surface area contributed by atoms with Crippen LogP contribution in [0.15, 0.2) is 12.7 Å². The lowest BCUT2D eigenvalue weighted by molar-refractivity contribution is -0.119. The molecule has 0 N–H and O–H groups in total. The summed E-state index contributed by atoms with van der Waals surface area (Å²) < 4.78 is 0. The predicted molar refractivity (Wildman–Crippen MR) is 109 cm³/mol. The van der Waals surface area contributed by atoms with Gasteiger partial charge in [0.25, 0.3) is 0 Å². The molecule has 0 spiro atoms. The van der Waals surface area contributed by atoms with Gasteiger partial charge in [-0.1, -0.05) is 96.5 Å². The SMILES string of the molecule is C=CCCCCCCCCC(=O)CCCCCCCCCCCC. The number of carbonyl (C=O) groups is 1. The highest BCUT2D eigenvalue weighted by molar-refractivity contribution is 5.78. The Balaban J connectivity index is 3.14. The van der Waals surface area contributed by atoms with Gasteiger partial charge in [0.2, 0.25) is 0 Å². The molecule has 0 rings (SSSR count). The third-order valence-electron chi connectivity index (χ3n) is 4.92. The molecule has 0 aliphatic rings. The molecule has 0 bridgehead atoms. The van der Waals surface area contributed by atoms with E-state index in [4.69, 9.17) is 0 Å². The number of Topliss-reactive ketones (excluding diaryl/α,β-unsaturated/α-hetero) is 1. The quantitative estimate of drug-likeness (QED) is 0.162. The van der Waals surface area contributed by atoms with Gasteiger partial charge in [0.15, 0.2) is 0 Å². The molecule has 0 saturated carbocycles. The molecule has 0 aliphatic heterocycles. The fourth-order valence-electron chi connectivity index (χ4n) is 3.25. The molecule has 0 fully saturated rings. The lowest BCUT2D eigenvalue weighted by Gasteiger charge is -2.03. The lowest BCUT2D eigenvalue weighted by Crippen LogP contribution is -1.97. The highest BCUT2D eigenvalue weighted by Crippen LogP contribution is 2.13. The van der Waals surface area contributed by atoms with Crippen molar-refractivity contribution in [3.8, 4) is 0 Å². The largest absolute Gasteiger partial charge is 0.300 e. The van der Waals surface area contributed by atoms with Crippen molar-refractivity contribution in [2.75, 3.05) is 0 Å². The van der Waals surface area contributed by atoms with Gasteiger partial charge >= 0.3 is 0 Å². The van der Waals surface area contributed by atoms with Crippen LogP contribution in [0.25, 0.3) is 0 Å². The van der Waals surface area contributed by atoms with Crippen LogP contribution in [-0.4, -0.2) is 5.78 Å². The van der Waals surface area contributed by atoms with Crippen molar-refractivity contribution in [2.24, 2.45) is 0 Å². The summed E-state index contributed by atoms with van der Waals surface area (Å²) in [5, 5.41) is 0. The molecule has 1 nitrogen and oxygen atoms in total. The van der Waals surface area contributed by atoms with Crippen molar-refractivity contribution < 1.29 is 4.79 Å². The molecular weight excluding hydrogens is 292 g/mol. The number of allylic oxidation sites excluding steroid dienone is 1. The van der Waals surface area contributed by atoms with Gasteiger partial charge in [-0.05, 0) is 25.7 Å². The Morgan fingerprint density at radius 1 is 0.625 bits per heavy atom. The van der Waals surface area contributed by atoms with Crippen LogP contribution < -0.4 is 0 Å². The summed E-state index contributed by atoms with van der Waals surface area (Å²) in [6.07, 6.45) is 25.8.